The van der Waals surface area contributed by atoms with Gasteiger partial charge in [-0.2, -0.15) is 4.31 Å². The molecule has 9 heteroatoms. The lowest BCUT2D eigenvalue weighted by Gasteiger charge is -2.30. The molecule has 0 atom stereocenters. The highest BCUT2D eigenvalue weighted by atomic mass is 32.2. The van der Waals surface area contributed by atoms with E-state index in [9.17, 15) is 18.0 Å². The van der Waals surface area contributed by atoms with Crippen LogP contribution in [0.1, 0.15) is 19.3 Å². The highest BCUT2D eigenvalue weighted by Gasteiger charge is 2.30. The molecule has 1 aliphatic heterocycles. The van der Waals surface area contributed by atoms with Crippen molar-refractivity contribution in [3.05, 3.63) is 28.7 Å². The summed E-state index contributed by atoms with van der Waals surface area (Å²) in [7, 11) is -2.17. The Morgan fingerprint density at radius 3 is 2.62 bits per heavy atom. The molecule has 0 bridgehead atoms. The highest BCUT2D eigenvalue weighted by molar-refractivity contribution is 7.89. The summed E-state index contributed by atoms with van der Waals surface area (Å²) in [6.45, 7) is 0.589. The second-order valence-corrected chi connectivity index (χ2v) is 7.94. The topological polar surface area (TPSA) is 110 Å². The van der Waals surface area contributed by atoms with Gasteiger partial charge in [0.05, 0.1) is 10.4 Å². The van der Waals surface area contributed by atoms with E-state index in [1.807, 2.05) is 0 Å². The third kappa shape index (κ3) is 2.96. The van der Waals surface area contributed by atoms with Gasteiger partial charge in [-0.3, -0.25) is 9.36 Å². The number of nitrogens with zero attached hydrogens (tertiary/aromatic N) is 2. The maximum absolute atomic E-state index is 12.8. The summed E-state index contributed by atoms with van der Waals surface area (Å²) in [5.74, 6) is -1.40. The lowest BCUT2D eigenvalue weighted by Crippen LogP contribution is -2.38. The van der Waals surface area contributed by atoms with Crippen molar-refractivity contribution >= 4 is 27.1 Å². The van der Waals surface area contributed by atoms with Crippen molar-refractivity contribution in [2.75, 3.05) is 13.1 Å². The van der Waals surface area contributed by atoms with Crippen LogP contribution in [0.15, 0.2) is 32.3 Å². The minimum absolute atomic E-state index is 0.00567. The number of oxazole rings is 1. The smallest absolute Gasteiger partial charge is 0.419 e. The van der Waals surface area contributed by atoms with E-state index in [1.54, 1.807) is 0 Å². The van der Waals surface area contributed by atoms with Crippen LogP contribution in [0.3, 0.4) is 0 Å². The number of hydrogen-bond acceptors (Lipinski definition) is 5. The van der Waals surface area contributed by atoms with Crippen LogP contribution in [-0.4, -0.2) is 41.5 Å². The number of benzene rings is 1. The fraction of sp³-hybridized carbons (Fsp3) is 0.467. The van der Waals surface area contributed by atoms with Crippen LogP contribution in [0, 0.1) is 5.92 Å². The number of aromatic nitrogens is 1. The molecule has 24 heavy (non-hydrogen) atoms. The molecule has 130 valence electrons. The summed E-state index contributed by atoms with van der Waals surface area (Å²) in [5, 5.41) is 8.83. The fourth-order valence-electron chi connectivity index (χ4n) is 3.02. The van der Waals surface area contributed by atoms with Gasteiger partial charge in [-0.15, -0.1) is 0 Å². The number of sulfonamides is 1. The predicted octanol–water partition coefficient (Wildman–Crippen LogP) is 1.01. The third-order valence-corrected chi connectivity index (χ3v) is 6.33. The van der Waals surface area contributed by atoms with E-state index in [-0.39, 0.29) is 17.2 Å². The monoisotopic (exact) mass is 354 g/mol. The van der Waals surface area contributed by atoms with Crippen molar-refractivity contribution < 1.29 is 22.7 Å². The molecule has 0 unspecified atom stereocenters. The quantitative estimate of drug-likeness (QED) is 0.877. The predicted molar refractivity (Wildman–Crippen MR) is 85.2 cm³/mol. The van der Waals surface area contributed by atoms with Gasteiger partial charge < -0.3 is 9.52 Å². The molecule has 1 aromatic heterocycles. The van der Waals surface area contributed by atoms with Gasteiger partial charge in [0.1, 0.15) is 0 Å². The number of carboxylic acids is 1. The molecule has 2 heterocycles. The van der Waals surface area contributed by atoms with Crippen molar-refractivity contribution in [1.82, 2.24) is 8.87 Å². The third-order valence-electron chi connectivity index (χ3n) is 4.44. The SMILES string of the molecule is Cn1c(=O)oc2ccc(S(=O)(=O)N3CCC(CC(=O)O)CC3)cc21. The molecule has 3 rings (SSSR count). The van der Waals surface area contributed by atoms with Gasteiger partial charge >= 0.3 is 11.7 Å². The van der Waals surface area contributed by atoms with Gasteiger partial charge in [0.15, 0.2) is 5.58 Å². The standard InChI is InChI=1S/C15H18N2O6S/c1-16-12-9-11(2-3-13(12)23-15(16)20)24(21,22)17-6-4-10(5-7-17)8-14(18)19/h2-3,9-10H,4-8H2,1H3,(H,18,19). The lowest BCUT2D eigenvalue weighted by atomic mass is 9.95. The number of hydrogen-bond donors (Lipinski definition) is 1. The average molecular weight is 354 g/mol. The van der Waals surface area contributed by atoms with Gasteiger partial charge in [0.25, 0.3) is 0 Å². The van der Waals surface area contributed by atoms with E-state index >= 15 is 0 Å². The summed E-state index contributed by atoms with van der Waals surface area (Å²) >= 11 is 0. The average Bonchev–Trinajstić information content (AvgIpc) is 2.82. The Balaban J connectivity index is 1.85. The van der Waals surface area contributed by atoms with Crippen LogP contribution < -0.4 is 5.76 Å². The Morgan fingerprint density at radius 2 is 2.00 bits per heavy atom. The minimum atomic E-state index is -3.68. The molecule has 0 amide bonds. The largest absolute Gasteiger partial charge is 0.481 e. The molecule has 1 aliphatic rings. The second-order valence-electron chi connectivity index (χ2n) is 6.00. The van der Waals surface area contributed by atoms with Gasteiger partial charge in [0, 0.05) is 26.6 Å². The van der Waals surface area contributed by atoms with E-state index in [0.29, 0.717) is 37.0 Å². The number of carbonyl (C=O) groups is 1. The molecule has 1 fully saturated rings. The number of aryl methyl sites for hydroxylation is 1. The van der Waals surface area contributed by atoms with Gasteiger partial charge in [-0.25, -0.2) is 13.2 Å². The highest BCUT2D eigenvalue weighted by Crippen LogP contribution is 2.27. The van der Waals surface area contributed by atoms with Gasteiger partial charge in [-0.1, -0.05) is 0 Å². The summed E-state index contributed by atoms with van der Waals surface area (Å²) in [6.07, 6.45) is 1.12. The van der Waals surface area contributed by atoms with Crippen LogP contribution in [0.25, 0.3) is 11.1 Å². The molecule has 1 N–H and O–H groups in total. The van der Waals surface area contributed by atoms with Crippen LogP contribution in [0.4, 0.5) is 0 Å². The molecule has 1 aromatic carbocycles. The Labute approximate surface area is 138 Å². The fourth-order valence-corrected chi connectivity index (χ4v) is 4.51. The number of rotatable bonds is 4. The van der Waals surface area contributed by atoms with Crippen LogP contribution in [-0.2, 0) is 21.9 Å². The first-order valence-corrected chi connectivity index (χ1v) is 9.04. The Morgan fingerprint density at radius 1 is 1.33 bits per heavy atom. The number of aliphatic carboxylic acids is 1. The molecule has 0 aliphatic carbocycles. The molecule has 8 nitrogen and oxygen atoms in total. The van der Waals surface area contributed by atoms with Crippen molar-refractivity contribution in [1.29, 1.82) is 0 Å². The molecule has 1 saturated heterocycles. The summed E-state index contributed by atoms with van der Waals surface area (Å²) in [5.41, 5.74) is 0.753. The Hall–Kier alpha value is -2.13. The number of piperidine rings is 1. The van der Waals surface area contributed by atoms with Crippen LogP contribution in [0.5, 0.6) is 0 Å². The Bertz CT molecular complexity index is 935. The molecule has 0 spiro atoms. The molecular formula is C15H18N2O6S. The van der Waals surface area contributed by atoms with Crippen molar-refractivity contribution in [3.63, 3.8) is 0 Å². The lowest BCUT2D eigenvalue weighted by molar-refractivity contribution is -0.138. The number of carboxylic acid groups (broad SMARTS) is 1. The zero-order valence-electron chi connectivity index (χ0n) is 13.1. The molecule has 0 radical (unpaired) electrons. The maximum atomic E-state index is 12.8. The van der Waals surface area contributed by atoms with Crippen LogP contribution >= 0.6 is 0 Å². The zero-order valence-corrected chi connectivity index (χ0v) is 14.0. The first-order chi connectivity index (χ1) is 11.3. The van der Waals surface area contributed by atoms with E-state index < -0.39 is 21.7 Å². The van der Waals surface area contributed by atoms with Crippen LogP contribution in [0.2, 0.25) is 0 Å². The first kappa shape index (κ1) is 16.7. The molecule has 0 saturated carbocycles. The van der Waals surface area contributed by atoms with E-state index in [2.05, 4.69) is 0 Å². The van der Waals surface area contributed by atoms with Crippen molar-refractivity contribution in [2.24, 2.45) is 13.0 Å². The first-order valence-electron chi connectivity index (χ1n) is 7.60. The molecular weight excluding hydrogens is 336 g/mol. The van der Waals surface area contributed by atoms with E-state index in [1.165, 1.54) is 34.1 Å². The van der Waals surface area contributed by atoms with E-state index in [4.69, 9.17) is 9.52 Å². The summed E-state index contributed by atoms with van der Waals surface area (Å²) < 4.78 is 33.2. The van der Waals surface area contributed by atoms with Gasteiger partial charge in [-0.05, 0) is 37.0 Å². The van der Waals surface area contributed by atoms with E-state index in [0.717, 1.165) is 0 Å². The zero-order chi connectivity index (χ0) is 17.5. The second kappa shape index (κ2) is 6.06. The van der Waals surface area contributed by atoms with Gasteiger partial charge in [0.2, 0.25) is 10.0 Å². The normalized spacial score (nSPS) is 17.4. The Kier molecular flexibility index (Phi) is 4.22. The number of fused-ring (bicyclic) bond motifs is 1. The summed E-state index contributed by atoms with van der Waals surface area (Å²) in [4.78, 5) is 22.4. The minimum Gasteiger partial charge on any atom is -0.481 e. The summed E-state index contributed by atoms with van der Waals surface area (Å²) in [6, 6.07) is 4.32. The maximum Gasteiger partial charge on any atom is 0.419 e. The molecule has 2 aromatic rings. The van der Waals surface area contributed by atoms with Crippen molar-refractivity contribution in [3.8, 4) is 0 Å². The van der Waals surface area contributed by atoms with Crippen molar-refractivity contribution in [2.45, 2.75) is 24.2 Å².